The van der Waals surface area contributed by atoms with Crippen molar-refractivity contribution in [2.24, 2.45) is 11.7 Å². The van der Waals surface area contributed by atoms with Crippen LogP contribution in [0.25, 0.3) is 0 Å². The molecule has 0 saturated heterocycles. The van der Waals surface area contributed by atoms with Crippen molar-refractivity contribution < 1.29 is 8.95 Å². The van der Waals surface area contributed by atoms with Crippen LogP contribution in [0.2, 0.25) is 0 Å². The second-order valence-electron chi connectivity index (χ2n) is 4.13. The van der Waals surface area contributed by atoms with Gasteiger partial charge in [-0.05, 0) is 25.7 Å². The first-order chi connectivity index (χ1) is 7.10. The van der Waals surface area contributed by atoms with Crippen molar-refractivity contribution in [1.82, 2.24) is 0 Å². The van der Waals surface area contributed by atoms with E-state index < -0.39 is 10.8 Å². The summed E-state index contributed by atoms with van der Waals surface area (Å²) in [6.07, 6.45) is 1.93. The molecule has 0 rings (SSSR count). The molecule has 0 aromatic rings. The maximum Gasteiger partial charge on any atom is 0.0705 e. The SMILES string of the molecule is CCOC(CN)CCS(=O)CCC(C)C. The summed E-state index contributed by atoms with van der Waals surface area (Å²) in [6, 6.07) is 0. The van der Waals surface area contributed by atoms with Gasteiger partial charge in [-0.25, -0.2) is 0 Å². The lowest BCUT2D eigenvalue weighted by Crippen LogP contribution is -2.26. The Labute approximate surface area is 96.2 Å². The Morgan fingerprint density at radius 2 is 1.87 bits per heavy atom. The topological polar surface area (TPSA) is 52.3 Å². The first-order valence-electron chi connectivity index (χ1n) is 5.76. The minimum Gasteiger partial charge on any atom is -0.377 e. The van der Waals surface area contributed by atoms with Crippen LogP contribution in [-0.2, 0) is 15.5 Å². The quantitative estimate of drug-likeness (QED) is 0.659. The van der Waals surface area contributed by atoms with Crippen LogP contribution in [0.5, 0.6) is 0 Å². The molecule has 0 spiro atoms. The predicted molar refractivity (Wildman–Crippen MR) is 66.4 cm³/mol. The second kappa shape index (κ2) is 9.31. The number of rotatable bonds is 9. The summed E-state index contributed by atoms with van der Waals surface area (Å²) in [5.74, 6) is 2.15. The average molecular weight is 235 g/mol. The average Bonchev–Trinajstić information content (AvgIpc) is 2.21. The summed E-state index contributed by atoms with van der Waals surface area (Å²) >= 11 is 0. The number of nitrogens with two attached hydrogens (primary N) is 1. The number of ether oxygens (including phenoxy) is 1. The molecule has 15 heavy (non-hydrogen) atoms. The molecule has 0 aliphatic rings. The van der Waals surface area contributed by atoms with Gasteiger partial charge in [0, 0.05) is 35.5 Å². The highest BCUT2D eigenvalue weighted by molar-refractivity contribution is 7.84. The molecule has 0 radical (unpaired) electrons. The highest BCUT2D eigenvalue weighted by Gasteiger charge is 2.09. The van der Waals surface area contributed by atoms with Gasteiger partial charge in [-0.1, -0.05) is 13.8 Å². The largest absolute Gasteiger partial charge is 0.377 e. The van der Waals surface area contributed by atoms with Crippen molar-refractivity contribution in [2.45, 2.75) is 39.7 Å². The van der Waals surface area contributed by atoms with E-state index in [-0.39, 0.29) is 6.10 Å². The summed E-state index contributed by atoms with van der Waals surface area (Å²) in [4.78, 5) is 0. The fraction of sp³-hybridized carbons (Fsp3) is 1.00. The zero-order valence-electron chi connectivity index (χ0n) is 10.2. The first-order valence-corrected chi connectivity index (χ1v) is 7.25. The highest BCUT2D eigenvalue weighted by Crippen LogP contribution is 2.04. The standard InChI is InChI=1S/C11H25NO2S/c1-4-14-11(9-12)6-8-15(13)7-5-10(2)3/h10-11H,4-9,12H2,1-3H3. The third kappa shape index (κ3) is 9.03. The van der Waals surface area contributed by atoms with Crippen molar-refractivity contribution >= 4 is 10.8 Å². The van der Waals surface area contributed by atoms with E-state index in [1.54, 1.807) is 0 Å². The normalized spacial score (nSPS) is 15.5. The molecule has 0 aliphatic heterocycles. The van der Waals surface area contributed by atoms with E-state index in [4.69, 9.17) is 10.5 Å². The molecule has 0 aromatic heterocycles. The molecule has 0 heterocycles. The molecule has 2 N–H and O–H groups in total. The summed E-state index contributed by atoms with van der Waals surface area (Å²) < 4.78 is 17.0. The zero-order valence-corrected chi connectivity index (χ0v) is 11.0. The number of hydrogen-bond donors (Lipinski definition) is 1. The first kappa shape index (κ1) is 15.1. The smallest absolute Gasteiger partial charge is 0.0705 e. The Balaban J connectivity index is 3.59. The molecule has 0 bridgehead atoms. The van der Waals surface area contributed by atoms with E-state index >= 15 is 0 Å². The van der Waals surface area contributed by atoms with Crippen molar-refractivity contribution in [3.8, 4) is 0 Å². The van der Waals surface area contributed by atoms with Gasteiger partial charge in [0.05, 0.1) is 6.10 Å². The lowest BCUT2D eigenvalue weighted by Gasteiger charge is -2.14. The maximum atomic E-state index is 11.6. The van der Waals surface area contributed by atoms with Gasteiger partial charge in [-0.15, -0.1) is 0 Å². The molecule has 0 saturated carbocycles. The monoisotopic (exact) mass is 235 g/mol. The predicted octanol–water partition coefficient (Wildman–Crippen LogP) is 1.54. The molecule has 0 amide bonds. The number of hydrogen-bond acceptors (Lipinski definition) is 3. The van der Waals surface area contributed by atoms with Crippen LogP contribution >= 0.6 is 0 Å². The lowest BCUT2D eigenvalue weighted by molar-refractivity contribution is 0.0672. The van der Waals surface area contributed by atoms with Crippen LogP contribution in [0, 0.1) is 5.92 Å². The fourth-order valence-corrected chi connectivity index (χ4v) is 2.70. The lowest BCUT2D eigenvalue weighted by atomic mass is 10.2. The highest BCUT2D eigenvalue weighted by atomic mass is 32.2. The molecule has 0 aromatic carbocycles. The van der Waals surface area contributed by atoms with E-state index in [0.717, 1.165) is 18.6 Å². The van der Waals surface area contributed by atoms with Crippen LogP contribution in [0.15, 0.2) is 0 Å². The molecular weight excluding hydrogens is 210 g/mol. The molecule has 0 fully saturated rings. The third-order valence-corrected chi connectivity index (χ3v) is 3.64. The molecule has 0 aliphatic carbocycles. The molecular formula is C11H25NO2S. The zero-order chi connectivity index (χ0) is 11.7. The molecule has 3 nitrogen and oxygen atoms in total. The van der Waals surface area contributed by atoms with Gasteiger partial charge in [0.25, 0.3) is 0 Å². The van der Waals surface area contributed by atoms with Crippen LogP contribution < -0.4 is 5.73 Å². The van der Waals surface area contributed by atoms with E-state index in [9.17, 15) is 4.21 Å². The van der Waals surface area contributed by atoms with Crippen molar-refractivity contribution in [2.75, 3.05) is 24.7 Å². The van der Waals surface area contributed by atoms with Crippen LogP contribution in [0.1, 0.15) is 33.6 Å². The van der Waals surface area contributed by atoms with Crippen molar-refractivity contribution in [3.63, 3.8) is 0 Å². The molecule has 4 heteroatoms. The van der Waals surface area contributed by atoms with Gasteiger partial charge in [0.15, 0.2) is 0 Å². The Hall–Kier alpha value is 0.0700. The van der Waals surface area contributed by atoms with Gasteiger partial charge in [-0.2, -0.15) is 0 Å². The van der Waals surface area contributed by atoms with Gasteiger partial charge in [0.2, 0.25) is 0 Å². The second-order valence-corrected chi connectivity index (χ2v) is 5.83. The minimum atomic E-state index is -0.702. The van der Waals surface area contributed by atoms with Gasteiger partial charge in [0.1, 0.15) is 0 Å². The summed E-state index contributed by atoms with van der Waals surface area (Å²) in [5, 5.41) is 0. The molecule has 2 unspecified atom stereocenters. The minimum absolute atomic E-state index is 0.0815. The van der Waals surface area contributed by atoms with Crippen LogP contribution in [0.3, 0.4) is 0 Å². The van der Waals surface area contributed by atoms with E-state index in [2.05, 4.69) is 13.8 Å². The van der Waals surface area contributed by atoms with Crippen molar-refractivity contribution in [3.05, 3.63) is 0 Å². The Morgan fingerprint density at radius 1 is 1.27 bits per heavy atom. The van der Waals surface area contributed by atoms with Crippen LogP contribution in [-0.4, -0.2) is 35.0 Å². The van der Waals surface area contributed by atoms with E-state index in [0.29, 0.717) is 24.8 Å². The summed E-state index contributed by atoms with van der Waals surface area (Å²) in [6.45, 7) is 7.47. The fourth-order valence-electron chi connectivity index (χ4n) is 1.24. The summed E-state index contributed by atoms with van der Waals surface area (Å²) in [5.41, 5.74) is 5.54. The maximum absolute atomic E-state index is 11.6. The van der Waals surface area contributed by atoms with E-state index in [1.807, 2.05) is 6.92 Å². The Kier molecular flexibility index (Phi) is 9.35. The Bertz CT molecular complexity index is 174. The van der Waals surface area contributed by atoms with Gasteiger partial charge in [-0.3, -0.25) is 4.21 Å². The Morgan fingerprint density at radius 3 is 2.33 bits per heavy atom. The third-order valence-electron chi connectivity index (χ3n) is 2.26. The molecule has 2 atom stereocenters. The van der Waals surface area contributed by atoms with Crippen molar-refractivity contribution in [1.29, 1.82) is 0 Å². The summed E-state index contributed by atoms with van der Waals surface area (Å²) in [7, 11) is -0.702. The van der Waals surface area contributed by atoms with Gasteiger partial charge < -0.3 is 10.5 Å². The molecule has 92 valence electrons. The van der Waals surface area contributed by atoms with Crippen LogP contribution in [0.4, 0.5) is 0 Å². The van der Waals surface area contributed by atoms with Gasteiger partial charge >= 0.3 is 0 Å². The van der Waals surface area contributed by atoms with E-state index in [1.165, 1.54) is 0 Å².